The molecule has 0 bridgehead atoms. The van der Waals surface area contributed by atoms with Gasteiger partial charge in [0, 0.05) is 28.1 Å². The number of carboxylic acid groups (broad SMARTS) is 1. The summed E-state index contributed by atoms with van der Waals surface area (Å²) in [6.07, 6.45) is 1.21. The maximum atomic E-state index is 12.3. The summed E-state index contributed by atoms with van der Waals surface area (Å²) in [4.78, 5) is 23.7. The van der Waals surface area contributed by atoms with Gasteiger partial charge in [-0.1, -0.05) is 25.4 Å². The van der Waals surface area contributed by atoms with Crippen molar-refractivity contribution in [2.45, 2.75) is 33.6 Å². The maximum Gasteiger partial charge on any atom is 0.372 e. The standard InChI is InChI=1S/C19H19ClN2O4/c1-10-15-13(21-22-17(23)11-4-6-12(20)7-5-11)8-19(2,3)9-14(15)26-16(10)18(24)25/h4-7H,8-9H2,1-3H3,(H,22,23)(H,24,25)/b21-13+. The molecule has 1 heterocycles. The second kappa shape index (κ2) is 6.61. The van der Waals surface area contributed by atoms with Crippen molar-refractivity contribution < 1.29 is 19.1 Å². The zero-order valence-electron chi connectivity index (χ0n) is 14.7. The molecule has 6 nitrogen and oxygen atoms in total. The molecular weight excluding hydrogens is 356 g/mol. The predicted molar refractivity (Wildman–Crippen MR) is 98.0 cm³/mol. The van der Waals surface area contributed by atoms with Crippen molar-refractivity contribution in [2.24, 2.45) is 10.5 Å². The first-order chi connectivity index (χ1) is 12.2. The molecule has 1 aliphatic carbocycles. The van der Waals surface area contributed by atoms with E-state index in [4.69, 9.17) is 16.0 Å². The number of furan rings is 1. The Kier molecular flexibility index (Phi) is 4.63. The van der Waals surface area contributed by atoms with Gasteiger partial charge in [-0.05, 0) is 43.0 Å². The molecule has 26 heavy (non-hydrogen) atoms. The van der Waals surface area contributed by atoms with Crippen LogP contribution in [-0.2, 0) is 6.42 Å². The summed E-state index contributed by atoms with van der Waals surface area (Å²) in [5.74, 6) is -0.960. The van der Waals surface area contributed by atoms with E-state index >= 15 is 0 Å². The third-order valence-corrected chi connectivity index (χ3v) is 4.64. The number of amides is 1. The molecule has 1 aromatic heterocycles. The van der Waals surface area contributed by atoms with E-state index in [0.717, 1.165) is 0 Å². The van der Waals surface area contributed by atoms with Gasteiger partial charge >= 0.3 is 5.97 Å². The van der Waals surface area contributed by atoms with E-state index in [2.05, 4.69) is 10.5 Å². The zero-order valence-corrected chi connectivity index (χ0v) is 15.5. The summed E-state index contributed by atoms with van der Waals surface area (Å²) in [6.45, 7) is 5.79. The van der Waals surface area contributed by atoms with Gasteiger partial charge in [-0.25, -0.2) is 10.2 Å². The Labute approximate surface area is 155 Å². The number of carbonyl (C=O) groups is 2. The van der Waals surface area contributed by atoms with Crippen molar-refractivity contribution in [2.75, 3.05) is 0 Å². The number of carbonyl (C=O) groups excluding carboxylic acids is 1. The van der Waals surface area contributed by atoms with Gasteiger partial charge in [0.15, 0.2) is 0 Å². The molecule has 0 aliphatic heterocycles. The number of hydrogen-bond acceptors (Lipinski definition) is 4. The number of carboxylic acids is 1. The van der Waals surface area contributed by atoms with E-state index in [0.29, 0.717) is 46.0 Å². The predicted octanol–water partition coefficient (Wildman–Crippen LogP) is 4.05. The van der Waals surface area contributed by atoms with Gasteiger partial charge in [0.25, 0.3) is 5.91 Å². The second-order valence-corrected chi connectivity index (χ2v) is 7.62. The highest BCUT2D eigenvalue weighted by atomic mass is 35.5. The van der Waals surface area contributed by atoms with Crippen LogP contribution in [0.15, 0.2) is 33.8 Å². The third kappa shape index (κ3) is 3.51. The molecule has 3 rings (SSSR count). The molecule has 7 heteroatoms. The lowest BCUT2D eigenvalue weighted by Gasteiger charge is -2.29. The Morgan fingerprint density at radius 3 is 2.50 bits per heavy atom. The molecule has 0 spiro atoms. The van der Waals surface area contributed by atoms with E-state index in [9.17, 15) is 14.7 Å². The molecule has 2 aromatic rings. The number of fused-ring (bicyclic) bond motifs is 1. The van der Waals surface area contributed by atoms with E-state index < -0.39 is 5.97 Å². The van der Waals surface area contributed by atoms with E-state index in [1.807, 2.05) is 13.8 Å². The SMILES string of the molecule is Cc1c(C(=O)O)oc2c1/C(=N/NC(=O)c1ccc(Cl)cc1)CC(C)(C)C2. The van der Waals surface area contributed by atoms with E-state index in [1.165, 1.54) is 0 Å². The van der Waals surface area contributed by atoms with Crippen LogP contribution in [0.2, 0.25) is 5.02 Å². The minimum absolute atomic E-state index is 0.0792. The molecule has 0 saturated carbocycles. The van der Waals surface area contributed by atoms with Crippen LogP contribution in [0.25, 0.3) is 0 Å². The Morgan fingerprint density at radius 2 is 1.88 bits per heavy atom. The molecule has 1 aliphatic rings. The number of nitrogens with zero attached hydrogens (tertiary/aromatic N) is 1. The fourth-order valence-electron chi connectivity index (χ4n) is 3.20. The van der Waals surface area contributed by atoms with Gasteiger partial charge in [0.2, 0.25) is 5.76 Å². The summed E-state index contributed by atoms with van der Waals surface area (Å²) < 4.78 is 5.56. The van der Waals surface area contributed by atoms with Gasteiger partial charge in [-0.15, -0.1) is 0 Å². The Hall–Kier alpha value is -2.60. The van der Waals surface area contributed by atoms with Crippen LogP contribution < -0.4 is 5.43 Å². The summed E-state index contributed by atoms with van der Waals surface area (Å²) in [7, 11) is 0. The van der Waals surface area contributed by atoms with Crippen LogP contribution >= 0.6 is 11.6 Å². The molecular formula is C19H19ClN2O4. The highest BCUT2D eigenvalue weighted by Crippen LogP contribution is 2.38. The Balaban J connectivity index is 1.94. The molecule has 0 unspecified atom stereocenters. The number of benzene rings is 1. The molecule has 0 atom stereocenters. The molecule has 0 saturated heterocycles. The molecule has 1 amide bonds. The largest absolute Gasteiger partial charge is 0.475 e. The van der Waals surface area contributed by atoms with Crippen molar-refractivity contribution in [3.05, 3.63) is 57.5 Å². The van der Waals surface area contributed by atoms with Gasteiger partial charge < -0.3 is 9.52 Å². The molecule has 136 valence electrons. The lowest BCUT2D eigenvalue weighted by Crippen LogP contribution is -2.29. The van der Waals surface area contributed by atoms with Crippen LogP contribution in [0.4, 0.5) is 0 Å². The lowest BCUT2D eigenvalue weighted by molar-refractivity contribution is 0.0657. The van der Waals surface area contributed by atoms with Gasteiger partial charge in [-0.3, -0.25) is 4.79 Å². The number of halogens is 1. The number of nitrogens with one attached hydrogen (secondary N) is 1. The summed E-state index contributed by atoms with van der Waals surface area (Å²) in [6, 6.07) is 6.48. The summed E-state index contributed by atoms with van der Waals surface area (Å²) in [5, 5.41) is 14.1. The fraction of sp³-hybridized carbons (Fsp3) is 0.316. The van der Waals surface area contributed by atoms with Crippen molar-refractivity contribution in [3.8, 4) is 0 Å². The maximum absolute atomic E-state index is 12.3. The monoisotopic (exact) mass is 374 g/mol. The molecule has 0 radical (unpaired) electrons. The van der Waals surface area contributed by atoms with Crippen LogP contribution in [0.5, 0.6) is 0 Å². The lowest BCUT2D eigenvalue weighted by atomic mass is 9.75. The average molecular weight is 375 g/mol. The Bertz CT molecular complexity index is 910. The normalized spacial score (nSPS) is 17.0. The highest BCUT2D eigenvalue weighted by Gasteiger charge is 2.36. The van der Waals surface area contributed by atoms with Crippen LogP contribution in [0.1, 0.15) is 58.1 Å². The first kappa shape index (κ1) is 18.2. The fourth-order valence-corrected chi connectivity index (χ4v) is 3.32. The minimum atomic E-state index is -1.11. The van der Waals surface area contributed by atoms with Gasteiger partial charge in [-0.2, -0.15) is 5.10 Å². The third-order valence-electron chi connectivity index (χ3n) is 4.39. The highest BCUT2D eigenvalue weighted by molar-refractivity contribution is 6.30. The van der Waals surface area contributed by atoms with Crippen LogP contribution in [-0.4, -0.2) is 22.7 Å². The Morgan fingerprint density at radius 1 is 1.23 bits per heavy atom. The summed E-state index contributed by atoms with van der Waals surface area (Å²) in [5.41, 5.74) is 4.65. The number of hydrazone groups is 1. The molecule has 2 N–H and O–H groups in total. The minimum Gasteiger partial charge on any atom is -0.475 e. The van der Waals surface area contributed by atoms with Crippen LogP contribution in [0, 0.1) is 12.3 Å². The molecule has 1 aromatic carbocycles. The van der Waals surface area contributed by atoms with Crippen molar-refractivity contribution >= 4 is 29.2 Å². The summed E-state index contributed by atoms with van der Waals surface area (Å²) >= 11 is 5.83. The smallest absolute Gasteiger partial charge is 0.372 e. The number of hydrogen-bond donors (Lipinski definition) is 2. The van der Waals surface area contributed by atoms with E-state index in [1.54, 1.807) is 31.2 Å². The first-order valence-corrected chi connectivity index (χ1v) is 8.54. The first-order valence-electron chi connectivity index (χ1n) is 8.16. The number of aromatic carboxylic acids is 1. The van der Waals surface area contributed by atoms with Crippen LogP contribution in [0.3, 0.4) is 0 Å². The second-order valence-electron chi connectivity index (χ2n) is 7.18. The topological polar surface area (TPSA) is 91.9 Å². The van der Waals surface area contributed by atoms with Gasteiger partial charge in [0.05, 0.1) is 5.71 Å². The van der Waals surface area contributed by atoms with Gasteiger partial charge in [0.1, 0.15) is 5.76 Å². The quantitative estimate of drug-likeness (QED) is 0.793. The van der Waals surface area contributed by atoms with Crippen molar-refractivity contribution in [1.29, 1.82) is 0 Å². The number of rotatable bonds is 3. The van der Waals surface area contributed by atoms with Crippen molar-refractivity contribution in [3.63, 3.8) is 0 Å². The zero-order chi connectivity index (χ0) is 19.1. The van der Waals surface area contributed by atoms with Crippen molar-refractivity contribution in [1.82, 2.24) is 5.43 Å². The average Bonchev–Trinajstić information content (AvgIpc) is 2.88. The molecule has 0 fully saturated rings. The van der Waals surface area contributed by atoms with E-state index in [-0.39, 0.29) is 17.1 Å².